The van der Waals surface area contributed by atoms with E-state index in [0.717, 1.165) is 43.0 Å². The molecule has 0 aliphatic carbocycles. The van der Waals surface area contributed by atoms with Crippen LogP contribution in [0.3, 0.4) is 0 Å². The van der Waals surface area contributed by atoms with Gasteiger partial charge in [0.05, 0.1) is 0 Å². The van der Waals surface area contributed by atoms with Crippen LogP contribution < -0.4 is 10.2 Å². The van der Waals surface area contributed by atoms with Crippen LogP contribution in [0.5, 0.6) is 0 Å². The summed E-state index contributed by atoms with van der Waals surface area (Å²) in [7, 11) is 0. The molecule has 2 aliphatic heterocycles. The van der Waals surface area contributed by atoms with Crippen molar-refractivity contribution in [2.45, 2.75) is 25.8 Å². The summed E-state index contributed by atoms with van der Waals surface area (Å²) in [6, 6.07) is 4.45. The van der Waals surface area contributed by atoms with Crippen molar-refractivity contribution in [2.75, 3.05) is 24.5 Å². The number of aromatic nitrogens is 3. The van der Waals surface area contributed by atoms with E-state index >= 15 is 0 Å². The van der Waals surface area contributed by atoms with Crippen LogP contribution in [0.2, 0.25) is 0 Å². The molecule has 2 N–H and O–H groups in total. The van der Waals surface area contributed by atoms with Gasteiger partial charge in [-0.15, -0.1) is 5.10 Å². The number of nitrogens with one attached hydrogen (secondary N) is 2. The Morgan fingerprint density at radius 2 is 2.30 bits per heavy atom. The largest absolute Gasteiger partial charge is 0.458 e. The molecule has 0 spiro atoms. The van der Waals surface area contributed by atoms with Gasteiger partial charge in [-0.2, -0.15) is 4.98 Å². The van der Waals surface area contributed by atoms with Gasteiger partial charge in [0.25, 0.3) is 0 Å². The van der Waals surface area contributed by atoms with Gasteiger partial charge in [-0.25, -0.2) is 0 Å². The lowest BCUT2D eigenvalue weighted by Crippen LogP contribution is -2.40. The Morgan fingerprint density at radius 1 is 1.35 bits per heavy atom. The summed E-state index contributed by atoms with van der Waals surface area (Å²) in [5, 5.41) is 10.9. The van der Waals surface area contributed by atoms with Crippen LogP contribution in [0, 0.1) is 12.8 Å². The lowest BCUT2D eigenvalue weighted by molar-refractivity contribution is 0.340. The van der Waals surface area contributed by atoms with Crippen molar-refractivity contribution in [3.8, 4) is 11.6 Å². The second-order valence-electron chi connectivity index (χ2n) is 5.76. The summed E-state index contributed by atoms with van der Waals surface area (Å²) in [5.41, 5.74) is 0. The maximum atomic E-state index is 5.58. The second-order valence-corrected chi connectivity index (χ2v) is 5.76. The molecule has 2 unspecified atom stereocenters. The highest BCUT2D eigenvalue weighted by molar-refractivity contribution is 5.50. The molecule has 2 aromatic heterocycles. The quantitative estimate of drug-likeness (QED) is 0.869. The van der Waals surface area contributed by atoms with Crippen molar-refractivity contribution in [1.29, 1.82) is 0 Å². The number of hydrogen-bond acceptors (Lipinski definition) is 5. The smallest absolute Gasteiger partial charge is 0.245 e. The van der Waals surface area contributed by atoms with Crippen molar-refractivity contribution in [3.05, 3.63) is 17.9 Å². The lowest BCUT2D eigenvalue weighted by atomic mass is 9.94. The molecular formula is C14H19N5O. The second kappa shape index (κ2) is 4.63. The zero-order chi connectivity index (χ0) is 13.5. The Kier molecular flexibility index (Phi) is 2.77. The lowest BCUT2D eigenvalue weighted by Gasteiger charge is -2.24. The molecule has 2 aliphatic rings. The fraction of sp³-hybridized carbons (Fsp3) is 0.571. The first-order valence-electron chi connectivity index (χ1n) is 7.27. The van der Waals surface area contributed by atoms with E-state index in [-0.39, 0.29) is 0 Å². The van der Waals surface area contributed by atoms with E-state index in [2.05, 4.69) is 25.4 Å². The average Bonchev–Trinajstić information content (AvgIpc) is 3.16. The van der Waals surface area contributed by atoms with E-state index < -0.39 is 0 Å². The molecule has 0 aromatic carbocycles. The molecule has 2 atom stereocenters. The molecular weight excluding hydrogens is 254 g/mol. The molecule has 0 amide bonds. The van der Waals surface area contributed by atoms with E-state index in [1.165, 1.54) is 12.8 Å². The number of anilines is 1. The number of nitrogens with zero attached hydrogens (tertiary/aromatic N) is 3. The number of fused-ring (bicyclic) bond motifs is 1. The summed E-state index contributed by atoms with van der Waals surface area (Å²) in [5.74, 6) is 3.85. The minimum absolute atomic E-state index is 0.594. The summed E-state index contributed by atoms with van der Waals surface area (Å²) in [4.78, 5) is 6.84. The number of hydrogen-bond donors (Lipinski definition) is 2. The predicted octanol–water partition coefficient (Wildman–Crippen LogP) is 1.56. The Labute approximate surface area is 117 Å². The number of aromatic amines is 1. The highest BCUT2D eigenvalue weighted by atomic mass is 16.3. The van der Waals surface area contributed by atoms with E-state index in [0.29, 0.717) is 11.9 Å². The first-order valence-corrected chi connectivity index (χ1v) is 7.27. The number of furan rings is 1. The fourth-order valence-corrected chi connectivity index (χ4v) is 3.28. The van der Waals surface area contributed by atoms with E-state index in [9.17, 15) is 0 Å². The first kappa shape index (κ1) is 12.0. The van der Waals surface area contributed by atoms with Gasteiger partial charge in [-0.3, -0.25) is 5.10 Å². The number of aryl methyl sites for hydroxylation is 1. The molecule has 4 heterocycles. The number of rotatable bonds is 2. The molecule has 0 radical (unpaired) electrons. The Morgan fingerprint density at radius 3 is 3.10 bits per heavy atom. The predicted molar refractivity (Wildman–Crippen MR) is 75.5 cm³/mol. The van der Waals surface area contributed by atoms with E-state index in [4.69, 9.17) is 4.42 Å². The minimum atomic E-state index is 0.594. The number of H-pyrrole nitrogens is 1. The third-order valence-electron chi connectivity index (χ3n) is 4.33. The SMILES string of the molecule is Cc1ccc(-c2nc(N3CC4CCCNC4C3)n[nH]2)o1. The third-order valence-corrected chi connectivity index (χ3v) is 4.33. The zero-order valence-electron chi connectivity index (χ0n) is 11.6. The Hall–Kier alpha value is -1.82. The molecule has 0 bridgehead atoms. The third kappa shape index (κ3) is 2.00. The molecule has 6 heteroatoms. The minimum Gasteiger partial charge on any atom is -0.458 e. The maximum absolute atomic E-state index is 5.58. The van der Waals surface area contributed by atoms with Crippen LogP contribution in [0.4, 0.5) is 5.95 Å². The summed E-state index contributed by atoms with van der Waals surface area (Å²) in [6.07, 6.45) is 2.59. The zero-order valence-corrected chi connectivity index (χ0v) is 11.6. The molecule has 2 aromatic rings. The van der Waals surface area contributed by atoms with Gasteiger partial charge in [0.15, 0.2) is 11.6 Å². The molecule has 20 heavy (non-hydrogen) atoms. The number of piperidine rings is 1. The highest BCUT2D eigenvalue weighted by Crippen LogP contribution is 2.28. The highest BCUT2D eigenvalue weighted by Gasteiger charge is 2.35. The van der Waals surface area contributed by atoms with Crippen LogP contribution in [0.25, 0.3) is 11.6 Å². The van der Waals surface area contributed by atoms with Gasteiger partial charge in [0, 0.05) is 19.1 Å². The summed E-state index contributed by atoms with van der Waals surface area (Å²) >= 11 is 0. The van der Waals surface area contributed by atoms with Crippen molar-refractivity contribution < 1.29 is 4.42 Å². The molecule has 6 nitrogen and oxygen atoms in total. The standard InChI is InChI=1S/C14H19N5O/c1-9-4-5-12(20-9)13-16-14(18-17-13)19-7-10-3-2-6-15-11(10)8-19/h4-5,10-11,15H,2-3,6-8H2,1H3,(H,16,17,18). The monoisotopic (exact) mass is 273 g/mol. The van der Waals surface area contributed by atoms with E-state index in [1.807, 2.05) is 19.1 Å². The Bertz CT molecular complexity index is 590. The topological polar surface area (TPSA) is 70.0 Å². The van der Waals surface area contributed by atoms with Crippen LogP contribution in [-0.2, 0) is 0 Å². The van der Waals surface area contributed by atoms with Crippen LogP contribution in [0.15, 0.2) is 16.5 Å². The van der Waals surface area contributed by atoms with Gasteiger partial charge < -0.3 is 14.6 Å². The van der Waals surface area contributed by atoms with E-state index in [1.54, 1.807) is 0 Å². The Balaban J connectivity index is 1.54. The van der Waals surface area contributed by atoms with Crippen molar-refractivity contribution >= 4 is 5.95 Å². The molecule has 0 saturated carbocycles. The molecule has 2 saturated heterocycles. The maximum Gasteiger partial charge on any atom is 0.245 e. The summed E-state index contributed by atoms with van der Waals surface area (Å²) < 4.78 is 5.58. The van der Waals surface area contributed by atoms with Gasteiger partial charge >= 0.3 is 0 Å². The molecule has 4 rings (SSSR count). The van der Waals surface area contributed by atoms with Crippen molar-refractivity contribution in [1.82, 2.24) is 20.5 Å². The van der Waals surface area contributed by atoms with Crippen molar-refractivity contribution in [3.63, 3.8) is 0 Å². The average molecular weight is 273 g/mol. The molecule has 2 fully saturated rings. The van der Waals surface area contributed by atoms with Gasteiger partial charge in [0.1, 0.15) is 5.76 Å². The van der Waals surface area contributed by atoms with Gasteiger partial charge in [-0.05, 0) is 44.4 Å². The van der Waals surface area contributed by atoms with Crippen LogP contribution in [-0.4, -0.2) is 40.9 Å². The van der Waals surface area contributed by atoms with Gasteiger partial charge in [0.2, 0.25) is 5.95 Å². The van der Waals surface area contributed by atoms with Crippen molar-refractivity contribution in [2.24, 2.45) is 5.92 Å². The molecule has 106 valence electrons. The van der Waals surface area contributed by atoms with Gasteiger partial charge in [-0.1, -0.05) is 0 Å². The summed E-state index contributed by atoms with van der Waals surface area (Å²) in [6.45, 7) is 5.11. The van der Waals surface area contributed by atoms with Crippen LogP contribution >= 0.6 is 0 Å². The fourth-order valence-electron chi connectivity index (χ4n) is 3.28. The van der Waals surface area contributed by atoms with Crippen LogP contribution in [0.1, 0.15) is 18.6 Å². The normalized spacial score (nSPS) is 25.9. The first-order chi connectivity index (χ1) is 9.79.